The largest absolute Gasteiger partial charge is 0.332 e. The number of nitro groups is 1. The second-order valence-electron chi connectivity index (χ2n) is 5.56. The quantitative estimate of drug-likeness (QED) is 0.344. The van der Waals surface area contributed by atoms with Crippen LogP contribution in [0.3, 0.4) is 0 Å². The normalized spacial score (nSPS) is 10.4. The van der Waals surface area contributed by atoms with Crippen molar-refractivity contribution in [3.05, 3.63) is 80.6 Å². The van der Waals surface area contributed by atoms with Gasteiger partial charge in [-0.25, -0.2) is 0 Å². The maximum atomic E-state index is 10.8. The number of nitrogens with one attached hydrogen (secondary N) is 2. The first-order valence-electron chi connectivity index (χ1n) is 7.69. The van der Waals surface area contributed by atoms with Crippen LogP contribution in [0.4, 0.5) is 17.1 Å². The van der Waals surface area contributed by atoms with Crippen LogP contribution in [0.2, 0.25) is 10.0 Å². The highest BCUT2D eigenvalue weighted by atomic mass is 35.5. The van der Waals surface area contributed by atoms with E-state index in [4.69, 9.17) is 35.4 Å². The van der Waals surface area contributed by atoms with Gasteiger partial charge in [-0.15, -0.1) is 0 Å². The van der Waals surface area contributed by atoms with Crippen molar-refractivity contribution >= 4 is 57.6 Å². The second kappa shape index (κ2) is 8.34. The number of rotatable bonds is 5. The van der Waals surface area contributed by atoms with Crippen LogP contribution >= 0.6 is 35.4 Å². The molecule has 3 aromatic rings. The van der Waals surface area contributed by atoms with E-state index in [0.29, 0.717) is 33.1 Å². The van der Waals surface area contributed by atoms with Gasteiger partial charge in [0.2, 0.25) is 0 Å². The zero-order chi connectivity index (χ0) is 19.4. The van der Waals surface area contributed by atoms with Crippen molar-refractivity contribution in [3.8, 4) is 0 Å². The predicted octanol–water partition coefficient (Wildman–Crippen LogP) is 4.96. The molecule has 0 saturated carbocycles. The Morgan fingerprint density at radius 2 is 1.93 bits per heavy atom. The van der Waals surface area contributed by atoms with Gasteiger partial charge in [0.1, 0.15) is 0 Å². The summed E-state index contributed by atoms with van der Waals surface area (Å²) in [5.74, 6) is 0. The molecule has 0 aliphatic heterocycles. The van der Waals surface area contributed by atoms with E-state index in [1.165, 1.54) is 12.1 Å². The summed E-state index contributed by atoms with van der Waals surface area (Å²) in [6.45, 7) is 0.517. The van der Waals surface area contributed by atoms with E-state index in [0.717, 1.165) is 5.56 Å². The molecule has 0 unspecified atom stereocenters. The number of halogens is 2. The van der Waals surface area contributed by atoms with Crippen molar-refractivity contribution in [1.29, 1.82) is 0 Å². The average Bonchev–Trinajstić information content (AvgIpc) is 3.05. The molecular formula is C17H13Cl2N5O2S. The van der Waals surface area contributed by atoms with Gasteiger partial charge in [0.05, 0.1) is 33.4 Å². The molecule has 27 heavy (non-hydrogen) atoms. The van der Waals surface area contributed by atoms with Crippen LogP contribution in [-0.4, -0.2) is 19.8 Å². The number of non-ortho nitro benzene ring substituents is 1. The molecule has 0 aliphatic carbocycles. The Bertz CT molecular complexity index is 1010. The van der Waals surface area contributed by atoms with Gasteiger partial charge in [0.15, 0.2) is 5.11 Å². The summed E-state index contributed by atoms with van der Waals surface area (Å²) >= 11 is 17.2. The summed E-state index contributed by atoms with van der Waals surface area (Å²) in [4.78, 5) is 10.4. The number of anilines is 2. The molecule has 0 saturated heterocycles. The Hall–Kier alpha value is -2.68. The molecule has 0 fully saturated rings. The van der Waals surface area contributed by atoms with Crippen LogP contribution < -0.4 is 10.6 Å². The zero-order valence-corrected chi connectivity index (χ0v) is 16.1. The molecule has 0 aliphatic rings. The first-order valence-corrected chi connectivity index (χ1v) is 8.86. The lowest BCUT2D eigenvalue weighted by Crippen LogP contribution is -2.18. The zero-order valence-electron chi connectivity index (χ0n) is 13.7. The van der Waals surface area contributed by atoms with E-state index in [2.05, 4.69) is 15.7 Å². The van der Waals surface area contributed by atoms with Gasteiger partial charge < -0.3 is 10.6 Å². The van der Waals surface area contributed by atoms with Crippen molar-refractivity contribution in [1.82, 2.24) is 9.78 Å². The van der Waals surface area contributed by atoms with Gasteiger partial charge in [0.25, 0.3) is 5.69 Å². The molecule has 2 aromatic carbocycles. The molecule has 1 heterocycles. The summed E-state index contributed by atoms with van der Waals surface area (Å²) in [6.07, 6.45) is 3.41. The first kappa shape index (κ1) is 19.1. The molecule has 0 amide bonds. The lowest BCUT2D eigenvalue weighted by molar-refractivity contribution is -0.384. The molecule has 10 heteroatoms. The van der Waals surface area contributed by atoms with Crippen molar-refractivity contribution in [2.75, 3.05) is 10.6 Å². The van der Waals surface area contributed by atoms with E-state index >= 15 is 0 Å². The predicted molar refractivity (Wildman–Crippen MR) is 111 cm³/mol. The highest BCUT2D eigenvalue weighted by Gasteiger charge is 2.08. The van der Waals surface area contributed by atoms with Crippen molar-refractivity contribution in [2.24, 2.45) is 0 Å². The minimum atomic E-state index is -0.464. The van der Waals surface area contributed by atoms with Crippen molar-refractivity contribution in [3.63, 3.8) is 0 Å². The Morgan fingerprint density at radius 3 is 2.67 bits per heavy atom. The van der Waals surface area contributed by atoms with Gasteiger partial charge in [0, 0.05) is 24.0 Å². The standard InChI is InChI=1S/C17H13Cl2N5O2S/c18-15-5-4-11(6-16(15)19)9-23-10-13(8-20-23)22-17(27)21-12-2-1-3-14(7-12)24(25)26/h1-8,10H,9H2,(H2,21,22,27). The summed E-state index contributed by atoms with van der Waals surface area (Å²) in [5, 5.41) is 22.3. The smallest absolute Gasteiger partial charge is 0.271 e. The molecule has 0 spiro atoms. The first-order chi connectivity index (χ1) is 12.9. The lowest BCUT2D eigenvalue weighted by atomic mass is 10.2. The molecular weight excluding hydrogens is 409 g/mol. The molecule has 1 aromatic heterocycles. The highest BCUT2D eigenvalue weighted by molar-refractivity contribution is 7.80. The molecule has 138 valence electrons. The van der Waals surface area contributed by atoms with Crippen LogP contribution in [-0.2, 0) is 6.54 Å². The maximum Gasteiger partial charge on any atom is 0.271 e. The van der Waals surface area contributed by atoms with E-state index in [1.807, 2.05) is 6.07 Å². The fourth-order valence-corrected chi connectivity index (χ4v) is 2.89. The number of benzene rings is 2. The Labute approximate surface area is 170 Å². The van der Waals surface area contributed by atoms with Gasteiger partial charge in [-0.2, -0.15) is 5.10 Å². The number of nitrogens with zero attached hydrogens (tertiary/aromatic N) is 3. The van der Waals surface area contributed by atoms with E-state index in [1.54, 1.807) is 41.3 Å². The van der Waals surface area contributed by atoms with Crippen LogP contribution in [0.5, 0.6) is 0 Å². The van der Waals surface area contributed by atoms with Gasteiger partial charge >= 0.3 is 0 Å². The van der Waals surface area contributed by atoms with E-state index in [9.17, 15) is 10.1 Å². The van der Waals surface area contributed by atoms with Gasteiger partial charge in [-0.1, -0.05) is 35.3 Å². The van der Waals surface area contributed by atoms with Crippen molar-refractivity contribution in [2.45, 2.75) is 6.54 Å². The lowest BCUT2D eigenvalue weighted by Gasteiger charge is -2.08. The van der Waals surface area contributed by atoms with Gasteiger partial charge in [-0.05, 0) is 36.0 Å². The monoisotopic (exact) mass is 421 g/mol. The number of aromatic nitrogens is 2. The molecule has 3 rings (SSSR count). The Morgan fingerprint density at radius 1 is 1.15 bits per heavy atom. The van der Waals surface area contributed by atoms with Crippen LogP contribution in [0, 0.1) is 10.1 Å². The summed E-state index contributed by atoms with van der Waals surface area (Å²) in [6, 6.07) is 11.5. The Kier molecular flexibility index (Phi) is 5.90. The minimum Gasteiger partial charge on any atom is -0.332 e. The van der Waals surface area contributed by atoms with E-state index < -0.39 is 4.92 Å². The number of hydrogen-bond donors (Lipinski definition) is 2. The SMILES string of the molecule is O=[N+]([O-])c1cccc(NC(=S)Nc2cnn(Cc3ccc(Cl)c(Cl)c3)c2)c1. The molecule has 2 N–H and O–H groups in total. The topological polar surface area (TPSA) is 85.0 Å². The van der Waals surface area contributed by atoms with Crippen LogP contribution in [0.15, 0.2) is 54.9 Å². The van der Waals surface area contributed by atoms with Crippen LogP contribution in [0.1, 0.15) is 5.56 Å². The highest BCUT2D eigenvalue weighted by Crippen LogP contribution is 2.23. The Balaban J connectivity index is 1.61. The number of hydrogen-bond acceptors (Lipinski definition) is 4. The second-order valence-corrected chi connectivity index (χ2v) is 6.78. The molecule has 0 bridgehead atoms. The fraction of sp³-hybridized carbons (Fsp3) is 0.0588. The summed E-state index contributed by atoms with van der Waals surface area (Å²) < 4.78 is 1.72. The van der Waals surface area contributed by atoms with Gasteiger partial charge in [-0.3, -0.25) is 14.8 Å². The minimum absolute atomic E-state index is 0.0164. The third kappa shape index (κ3) is 5.16. The third-order valence-corrected chi connectivity index (χ3v) is 4.48. The molecule has 0 atom stereocenters. The summed E-state index contributed by atoms with van der Waals surface area (Å²) in [5.41, 5.74) is 2.14. The molecule has 7 nitrogen and oxygen atoms in total. The number of nitro benzene ring substituents is 1. The van der Waals surface area contributed by atoms with E-state index in [-0.39, 0.29) is 5.69 Å². The maximum absolute atomic E-state index is 10.8. The van der Waals surface area contributed by atoms with Crippen molar-refractivity contribution < 1.29 is 4.92 Å². The average molecular weight is 422 g/mol. The summed E-state index contributed by atoms with van der Waals surface area (Å²) in [7, 11) is 0. The number of thiocarbonyl (C=S) groups is 1. The molecule has 0 radical (unpaired) electrons. The third-order valence-electron chi connectivity index (χ3n) is 3.53. The fourth-order valence-electron chi connectivity index (χ4n) is 2.33. The van der Waals surface area contributed by atoms with Crippen LogP contribution in [0.25, 0.3) is 0 Å².